The smallest absolute Gasteiger partial charge is 0.243 e. The molecule has 29 heavy (non-hydrogen) atoms. The van der Waals surface area contributed by atoms with Gasteiger partial charge in [-0.1, -0.05) is 6.07 Å². The number of amides is 2. The fraction of sp³-hybridized carbons (Fsp3) is 0.263. The SMILES string of the molecule is CCN(CC(=O)Nc1cccc(OC)c1)C(=O)Cc1c(F)c(F)c(F)c(F)c1F. The van der Waals surface area contributed by atoms with Gasteiger partial charge in [-0.2, -0.15) is 0 Å². The molecule has 0 aliphatic carbocycles. The van der Waals surface area contributed by atoms with Gasteiger partial charge in [0.05, 0.1) is 20.1 Å². The van der Waals surface area contributed by atoms with Crippen LogP contribution in [0.3, 0.4) is 0 Å². The number of likely N-dealkylation sites (N-methyl/N-ethyl adjacent to an activating group) is 1. The largest absolute Gasteiger partial charge is 0.497 e. The van der Waals surface area contributed by atoms with E-state index in [-0.39, 0.29) is 6.54 Å². The standard InChI is InChI=1S/C19H17F5N2O3/c1-3-26(9-13(27)25-10-5-4-6-11(7-10)29-2)14(28)8-12-15(20)17(22)19(24)18(23)16(12)21/h4-7H,3,8-9H2,1-2H3,(H,25,27). The van der Waals surface area contributed by atoms with Crippen LogP contribution in [-0.2, 0) is 16.0 Å². The molecule has 0 aliphatic heterocycles. The molecule has 2 aromatic rings. The molecule has 0 radical (unpaired) electrons. The van der Waals surface area contributed by atoms with Gasteiger partial charge in [0.25, 0.3) is 0 Å². The summed E-state index contributed by atoms with van der Waals surface area (Å²) in [4.78, 5) is 25.4. The highest BCUT2D eigenvalue weighted by Gasteiger charge is 2.28. The highest BCUT2D eigenvalue weighted by molar-refractivity contribution is 5.94. The number of halogens is 5. The Balaban J connectivity index is 2.12. The topological polar surface area (TPSA) is 58.6 Å². The van der Waals surface area contributed by atoms with Gasteiger partial charge in [-0.05, 0) is 19.1 Å². The number of carbonyl (C=O) groups excluding carboxylic acids is 2. The molecule has 0 saturated heterocycles. The van der Waals surface area contributed by atoms with Crippen LogP contribution in [0.1, 0.15) is 12.5 Å². The van der Waals surface area contributed by atoms with Gasteiger partial charge in [-0.15, -0.1) is 0 Å². The monoisotopic (exact) mass is 416 g/mol. The van der Waals surface area contributed by atoms with E-state index in [1.165, 1.54) is 20.1 Å². The number of hydrogen-bond acceptors (Lipinski definition) is 3. The Hall–Kier alpha value is -3.17. The molecule has 0 fully saturated rings. The van der Waals surface area contributed by atoms with Crippen LogP contribution in [0, 0.1) is 29.1 Å². The zero-order valence-electron chi connectivity index (χ0n) is 15.5. The average molecular weight is 416 g/mol. The van der Waals surface area contributed by atoms with Crippen molar-refractivity contribution in [1.82, 2.24) is 4.90 Å². The van der Waals surface area contributed by atoms with Crippen LogP contribution in [0.5, 0.6) is 5.75 Å². The predicted octanol–water partition coefficient (Wildman–Crippen LogP) is 3.42. The van der Waals surface area contributed by atoms with Gasteiger partial charge in [0.2, 0.25) is 17.6 Å². The Bertz CT molecular complexity index is 907. The molecule has 0 spiro atoms. The van der Waals surface area contributed by atoms with Crippen molar-refractivity contribution in [1.29, 1.82) is 0 Å². The number of benzene rings is 2. The normalized spacial score (nSPS) is 10.6. The fourth-order valence-corrected chi connectivity index (χ4v) is 2.52. The molecule has 0 aliphatic rings. The molecule has 10 heteroatoms. The summed E-state index contributed by atoms with van der Waals surface area (Å²) in [5.74, 6) is -11.8. The molecule has 156 valence electrons. The second kappa shape index (κ2) is 9.35. The third-order valence-corrected chi connectivity index (χ3v) is 4.05. The van der Waals surface area contributed by atoms with Gasteiger partial charge < -0.3 is 15.0 Å². The number of hydrogen-bond donors (Lipinski definition) is 1. The Morgan fingerprint density at radius 2 is 1.59 bits per heavy atom. The summed E-state index contributed by atoms with van der Waals surface area (Å²) in [7, 11) is 1.44. The van der Waals surface area contributed by atoms with Crippen molar-refractivity contribution in [3.63, 3.8) is 0 Å². The van der Waals surface area contributed by atoms with Crippen molar-refractivity contribution in [2.75, 3.05) is 25.5 Å². The Labute approximate surface area is 163 Å². The third kappa shape index (κ3) is 5.01. The first-order valence-electron chi connectivity index (χ1n) is 8.41. The van der Waals surface area contributed by atoms with Gasteiger partial charge in [0.15, 0.2) is 23.3 Å². The van der Waals surface area contributed by atoms with E-state index in [9.17, 15) is 31.5 Å². The molecule has 2 amide bonds. The van der Waals surface area contributed by atoms with Crippen LogP contribution >= 0.6 is 0 Å². The van der Waals surface area contributed by atoms with Crippen LogP contribution in [0.25, 0.3) is 0 Å². The molecule has 2 rings (SSSR count). The summed E-state index contributed by atoms with van der Waals surface area (Å²) in [6.45, 7) is 0.983. The molecule has 0 aromatic heterocycles. The second-order valence-electron chi connectivity index (χ2n) is 5.91. The van der Waals surface area contributed by atoms with Gasteiger partial charge in [0, 0.05) is 23.9 Å². The van der Waals surface area contributed by atoms with Crippen LogP contribution in [-0.4, -0.2) is 36.9 Å². The summed E-state index contributed by atoms with van der Waals surface area (Å²) in [5.41, 5.74) is -0.865. The summed E-state index contributed by atoms with van der Waals surface area (Å²) < 4.78 is 72.2. The maximum Gasteiger partial charge on any atom is 0.243 e. The molecule has 1 N–H and O–H groups in total. The van der Waals surface area contributed by atoms with E-state index < -0.39 is 59.4 Å². The van der Waals surface area contributed by atoms with Crippen molar-refractivity contribution in [2.45, 2.75) is 13.3 Å². The zero-order valence-corrected chi connectivity index (χ0v) is 15.5. The second-order valence-corrected chi connectivity index (χ2v) is 5.91. The number of ether oxygens (including phenoxy) is 1. The van der Waals surface area contributed by atoms with Gasteiger partial charge in [0.1, 0.15) is 5.75 Å². The molecule has 0 bridgehead atoms. The van der Waals surface area contributed by atoms with Gasteiger partial charge in [-0.3, -0.25) is 9.59 Å². The summed E-state index contributed by atoms with van der Waals surface area (Å²) in [6, 6.07) is 6.39. The number of carbonyl (C=O) groups is 2. The van der Waals surface area contributed by atoms with Crippen molar-refractivity contribution in [3.05, 3.63) is 58.9 Å². The van der Waals surface area contributed by atoms with Crippen molar-refractivity contribution in [2.24, 2.45) is 0 Å². The average Bonchev–Trinajstić information content (AvgIpc) is 2.72. The van der Waals surface area contributed by atoms with Crippen LogP contribution < -0.4 is 10.1 Å². The minimum Gasteiger partial charge on any atom is -0.497 e. The number of methoxy groups -OCH3 is 1. The molecule has 2 aromatic carbocycles. The van der Waals surface area contributed by atoms with Gasteiger partial charge >= 0.3 is 0 Å². The number of rotatable bonds is 7. The third-order valence-electron chi connectivity index (χ3n) is 4.05. The number of nitrogens with zero attached hydrogens (tertiary/aromatic N) is 1. The van der Waals surface area contributed by atoms with E-state index >= 15 is 0 Å². The lowest BCUT2D eigenvalue weighted by atomic mass is 10.1. The summed E-state index contributed by atoms with van der Waals surface area (Å²) >= 11 is 0. The molecule has 0 atom stereocenters. The first-order valence-corrected chi connectivity index (χ1v) is 8.41. The molecule has 5 nitrogen and oxygen atoms in total. The zero-order chi connectivity index (χ0) is 21.7. The highest BCUT2D eigenvalue weighted by Crippen LogP contribution is 2.24. The first kappa shape index (κ1) is 22.1. The van der Waals surface area contributed by atoms with E-state index in [1.54, 1.807) is 18.2 Å². The lowest BCUT2D eigenvalue weighted by molar-refractivity contribution is -0.134. The quantitative estimate of drug-likeness (QED) is 0.428. The van der Waals surface area contributed by atoms with Crippen molar-refractivity contribution >= 4 is 17.5 Å². The van der Waals surface area contributed by atoms with Crippen LogP contribution in [0.2, 0.25) is 0 Å². The van der Waals surface area contributed by atoms with Crippen LogP contribution in [0.4, 0.5) is 27.6 Å². The van der Waals surface area contributed by atoms with Gasteiger partial charge in [-0.25, -0.2) is 22.0 Å². The fourth-order valence-electron chi connectivity index (χ4n) is 2.52. The Kier molecular flexibility index (Phi) is 7.13. The number of nitrogens with one attached hydrogen (secondary N) is 1. The summed E-state index contributed by atoms with van der Waals surface area (Å²) in [6.07, 6.45) is -1.09. The van der Waals surface area contributed by atoms with E-state index in [1.807, 2.05) is 0 Å². The maximum absolute atomic E-state index is 13.8. The van der Waals surface area contributed by atoms with Crippen molar-refractivity contribution < 1.29 is 36.3 Å². The first-order chi connectivity index (χ1) is 13.7. The van der Waals surface area contributed by atoms with E-state index in [0.29, 0.717) is 11.4 Å². The summed E-state index contributed by atoms with van der Waals surface area (Å²) in [5, 5.41) is 2.52. The lowest BCUT2D eigenvalue weighted by Crippen LogP contribution is -2.39. The molecular formula is C19H17F5N2O3. The predicted molar refractivity (Wildman–Crippen MR) is 93.8 cm³/mol. The van der Waals surface area contributed by atoms with Crippen molar-refractivity contribution in [3.8, 4) is 5.75 Å². The van der Waals surface area contributed by atoms with Crippen LogP contribution in [0.15, 0.2) is 24.3 Å². The van der Waals surface area contributed by atoms with E-state index in [4.69, 9.17) is 4.74 Å². The number of anilines is 1. The van der Waals surface area contributed by atoms with E-state index in [2.05, 4.69) is 5.32 Å². The molecule has 0 heterocycles. The lowest BCUT2D eigenvalue weighted by Gasteiger charge is -2.21. The Morgan fingerprint density at radius 1 is 1.00 bits per heavy atom. The van der Waals surface area contributed by atoms with E-state index in [0.717, 1.165) is 4.90 Å². The maximum atomic E-state index is 13.8. The highest BCUT2D eigenvalue weighted by atomic mass is 19.2. The minimum absolute atomic E-state index is 0.0280. The molecule has 0 saturated carbocycles. The molecule has 0 unspecified atom stereocenters. The molecular weight excluding hydrogens is 399 g/mol. The minimum atomic E-state index is -2.30. The Morgan fingerprint density at radius 3 is 2.14 bits per heavy atom.